The first-order valence-corrected chi connectivity index (χ1v) is 7.14. The number of aliphatic hydroxyl groups excluding tert-OH is 1. The normalized spacial score (nSPS) is 12.3. The SMILES string of the molecule is O=C(NCC(O)C(=O)O)c1c[nH]c2cc(Br)c(Br)cc12. The highest BCUT2D eigenvalue weighted by Gasteiger charge is 2.17. The summed E-state index contributed by atoms with van der Waals surface area (Å²) in [4.78, 5) is 25.4. The molecule has 1 atom stereocenters. The standard InChI is InChI=1S/C12H10Br2N2O4/c13-7-1-5-6(3-15-9(5)2-8(7)14)11(18)16-4-10(17)12(19)20/h1-3,10,15,17H,4H2,(H,16,18)(H,19,20). The van der Waals surface area contributed by atoms with Gasteiger partial charge in [-0.2, -0.15) is 0 Å². The van der Waals surface area contributed by atoms with Gasteiger partial charge in [0.25, 0.3) is 5.91 Å². The average Bonchev–Trinajstić information content (AvgIpc) is 2.78. The summed E-state index contributed by atoms with van der Waals surface area (Å²) in [5.41, 5.74) is 1.15. The molecule has 0 bridgehead atoms. The molecule has 0 fully saturated rings. The molecule has 4 N–H and O–H groups in total. The Kier molecular flexibility index (Phi) is 4.46. The van der Waals surface area contributed by atoms with E-state index in [1.807, 2.05) is 6.07 Å². The maximum atomic E-state index is 12.0. The van der Waals surface area contributed by atoms with Crippen LogP contribution in [-0.2, 0) is 4.79 Å². The number of carboxylic acids is 1. The number of fused-ring (bicyclic) bond motifs is 1. The minimum Gasteiger partial charge on any atom is -0.479 e. The van der Waals surface area contributed by atoms with Gasteiger partial charge in [-0.1, -0.05) is 0 Å². The van der Waals surface area contributed by atoms with Gasteiger partial charge >= 0.3 is 5.97 Å². The number of amides is 1. The molecule has 1 aromatic heterocycles. The van der Waals surface area contributed by atoms with Gasteiger partial charge in [0, 0.05) is 26.0 Å². The predicted octanol–water partition coefficient (Wildman–Crippen LogP) is 1.87. The van der Waals surface area contributed by atoms with Crippen molar-refractivity contribution in [2.75, 3.05) is 6.54 Å². The molecule has 1 aromatic carbocycles. The summed E-state index contributed by atoms with van der Waals surface area (Å²) in [5.74, 6) is -1.83. The third-order valence-corrected chi connectivity index (χ3v) is 4.55. The van der Waals surface area contributed by atoms with Crippen molar-refractivity contribution in [1.82, 2.24) is 10.3 Å². The zero-order valence-electron chi connectivity index (χ0n) is 9.98. The molecule has 8 heteroatoms. The predicted molar refractivity (Wildman–Crippen MR) is 79.7 cm³/mol. The van der Waals surface area contributed by atoms with Crippen LogP contribution in [0.15, 0.2) is 27.3 Å². The van der Waals surface area contributed by atoms with Crippen molar-refractivity contribution in [1.29, 1.82) is 0 Å². The number of hydrogen-bond donors (Lipinski definition) is 4. The molecule has 1 amide bonds. The van der Waals surface area contributed by atoms with Crippen LogP contribution in [0.5, 0.6) is 0 Å². The van der Waals surface area contributed by atoms with Gasteiger partial charge in [0.05, 0.1) is 12.1 Å². The second-order valence-corrected chi connectivity index (χ2v) is 5.79. The van der Waals surface area contributed by atoms with E-state index in [9.17, 15) is 9.59 Å². The topological polar surface area (TPSA) is 102 Å². The number of carbonyl (C=O) groups excluding carboxylic acids is 1. The van der Waals surface area contributed by atoms with Crippen LogP contribution >= 0.6 is 31.9 Å². The van der Waals surface area contributed by atoms with Crippen molar-refractivity contribution >= 4 is 54.6 Å². The number of aliphatic carboxylic acids is 1. The molecular weight excluding hydrogens is 396 g/mol. The first kappa shape index (κ1) is 15.0. The molecule has 20 heavy (non-hydrogen) atoms. The van der Waals surface area contributed by atoms with Gasteiger partial charge in [-0.05, 0) is 44.0 Å². The van der Waals surface area contributed by atoms with Gasteiger partial charge in [-0.15, -0.1) is 0 Å². The highest BCUT2D eigenvalue weighted by molar-refractivity contribution is 9.13. The van der Waals surface area contributed by atoms with E-state index >= 15 is 0 Å². The number of carboxylic acid groups (broad SMARTS) is 1. The lowest BCUT2D eigenvalue weighted by Crippen LogP contribution is -2.36. The van der Waals surface area contributed by atoms with E-state index in [0.717, 1.165) is 14.5 Å². The van der Waals surface area contributed by atoms with Crippen molar-refractivity contribution in [3.63, 3.8) is 0 Å². The van der Waals surface area contributed by atoms with Gasteiger partial charge in [0.1, 0.15) is 0 Å². The molecule has 0 aliphatic carbocycles. The van der Waals surface area contributed by atoms with Gasteiger partial charge in [-0.25, -0.2) is 4.79 Å². The zero-order valence-corrected chi connectivity index (χ0v) is 13.2. The number of nitrogens with one attached hydrogen (secondary N) is 2. The van der Waals surface area contributed by atoms with Gasteiger partial charge in [0.2, 0.25) is 0 Å². The number of carbonyl (C=O) groups is 2. The van der Waals surface area contributed by atoms with Gasteiger partial charge < -0.3 is 20.5 Å². The minimum absolute atomic E-state index is 0.349. The van der Waals surface area contributed by atoms with Crippen LogP contribution in [0.4, 0.5) is 0 Å². The van der Waals surface area contributed by atoms with E-state index in [1.54, 1.807) is 6.07 Å². The number of aromatic nitrogens is 1. The Morgan fingerprint density at radius 3 is 2.60 bits per heavy atom. The number of halogens is 2. The molecule has 0 radical (unpaired) electrons. The van der Waals surface area contributed by atoms with Crippen LogP contribution in [0.2, 0.25) is 0 Å². The van der Waals surface area contributed by atoms with Crippen molar-refractivity contribution in [3.8, 4) is 0 Å². The molecule has 106 valence electrons. The number of H-pyrrole nitrogens is 1. The van der Waals surface area contributed by atoms with Crippen LogP contribution in [0.1, 0.15) is 10.4 Å². The smallest absolute Gasteiger partial charge is 0.334 e. The van der Waals surface area contributed by atoms with Crippen LogP contribution in [-0.4, -0.2) is 39.7 Å². The summed E-state index contributed by atoms with van der Waals surface area (Å²) in [7, 11) is 0. The highest BCUT2D eigenvalue weighted by atomic mass is 79.9. The highest BCUT2D eigenvalue weighted by Crippen LogP contribution is 2.29. The number of aliphatic hydroxyl groups is 1. The Morgan fingerprint density at radius 1 is 1.30 bits per heavy atom. The van der Waals surface area contributed by atoms with Crippen molar-refractivity contribution in [2.45, 2.75) is 6.10 Å². The molecule has 0 saturated heterocycles. The Morgan fingerprint density at radius 2 is 1.95 bits per heavy atom. The molecule has 0 spiro atoms. The summed E-state index contributed by atoms with van der Waals surface area (Å²) < 4.78 is 1.64. The Hall–Kier alpha value is -1.38. The molecule has 2 aromatic rings. The van der Waals surface area contributed by atoms with Gasteiger partial charge in [0.15, 0.2) is 6.10 Å². The maximum absolute atomic E-state index is 12.0. The molecular formula is C12H10Br2N2O4. The average molecular weight is 406 g/mol. The fourth-order valence-corrected chi connectivity index (χ4v) is 2.36. The van der Waals surface area contributed by atoms with E-state index in [4.69, 9.17) is 10.2 Å². The second-order valence-electron chi connectivity index (χ2n) is 4.08. The van der Waals surface area contributed by atoms with Crippen LogP contribution < -0.4 is 5.32 Å². The quantitative estimate of drug-likeness (QED) is 0.623. The Balaban J connectivity index is 2.22. The third kappa shape index (κ3) is 3.02. The van der Waals surface area contributed by atoms with Crippen molar-refractivity contribution in [3.05, 3.63) is 32.8 Å². The molecule has 2 rings (SSSR count). The lowest BCUT2D eigenvalue weighted by atomic mass is 10.1. The lowest BCUT2D eigenvalue weighted by molar-refractivity contribution is -0.146. The number of rotatable bonds is 4. The summed E-state index contributed by atoms with van der Waals surface area (Å²) in [6.07, 6.45) is -0.0866. The fourth-order valence-electron chi connectivity index (χ4n) is 1.68. The van der Waals surface area contributed by atoms with E-state index in [1.165, 1.54) is 6.20 Å². The summed E-state index contributed by atoms with van der Waals surface area (Å²) >= 11 is 6.72. The van der Waals surface area contributed by atoms with Crippen molar-refractivity contribution < 1.29 is 19.8 Å². The Labute approximate surface area is 130 Å². The second kappa shape index (κ2) is 5.94. The molecule has 0 aliphatic rings. The van der Waals surface area contributed by atoms with E-state index in [0.29, 0.717) is 10.9 Å². The van der Waals surface area contributed by atoms with E-state index in [-0.39, 0.29) is 6.54 Å². The Bertz CT molecular complexity index is 683. The third-order valence-electron chi connectivity index (χ3n) is 2.71. The van der Waals surface area contributed by atoms with Crippen molar-refractivity contribution in [2.24, 2.45) is 0 Å². The lowest BCUT2D eigenvalue weighted by Gasteiger charge is -2.07. The molecule has 1 unspecified atom stereocenters. The molecule has 6 nitrogen and oxygen atoms in total. The number of hydrogen-bond acceptors (Lipinski definition) is 3. The summed E-state index contributed by atoms with van der Waals surface area (Å²) in [6.45, 7) is -0.349. The monoisotopic (exact) mass is 404 g/mol. The number of benzene rings is 1. The fraction of sp³-hybridized carbons (Fsp3) is 0.167. The molecule has 0 saturated carbocycles. The van der Waals surface area contributed by atoms with Gasteiger partial charge in [-0.3, -0.25) is 4.79 Å². The zero-order chi connectivity index (χ0) is 14.9. The van der Waals surface area contributed by atoms with E-state index < -0.39 is 18.0 Å². The van der Waals surface area contributed by atoms with Crippen LogP contribution in [0, 0.1) is 0 Å². The van der Waals surface area contributed by atoms with Crippen LogP contribution in [0.25, 0.3) is 10.9 Å². The van der Waals surface area contributed by atoms with Crippen LogP contribution in [0.3, 0.4) is 0 Å². The first-order valence-electron chi connectivity index (χ1n) is 5.55. The maximum Gasteiger partial charge on any atom is 0.334 e. The van der Waals surface area contributed by atoms with E-state index in [2.05, 4.69) is 42.2 Å². The largest absolute Gasteiger partial charge is 0.479 e. The number of aromatic amines is 1. The summed E-state index contributed by atoms with van der Waals surface area (Å²) in [5, 5.41) is 20.7. The first-order chi connectivity index (χ1) is 9.40. The summed E-state index contributed by atoms with van der Waals surface area (Å²) in [6, 6.07) is 3.60. The minimum atomic E-state index is -1.62. The molecule has 0 aliphatic heterocycles. The molecule has 1 heterocycles.